The van der Waals surface area contributed by atoms with Crippen LogP contribution in [-0.4, -0.2) is 36.6 Å². The number of anilines is 2. The van der Waals surface area contributed by atoms with Crippen LogP contribution in [0.2, 0.25) is 0 Å². The maximum atomic E-state index is 12.1. The molecule has 1 aromatic heterocycles. The molecular formula is C17H20N4O3. The summed E-state index contributed by atoms with van der Waals surface area (Å²) in [4.78, 5) is 20.6. The van der Waals surface area contributed by atoms with Crippen LogP contribution in [-0.2, 0) is 0 Å². The van der Waals surface area contributed by atoms with Crippen molar-refractivity contribution >= 4 is 17.5 Å². The lowest BCUT2D eigenvalue weighted by Gasteiger charge is -2.12. The van der Waals surface area contributed by atoms with E-state index in [0.29, 0.717) is 35.4 Å². The number of nitrogens with one attached hydrogen (secondary N) is 2. The first-order valence-electron chi connectivity index (χ1n) is 7.31. The van der Waals surface area contributed by atoms with E-state index in [1.807, 2.05) is 0 Å². The molecule has 0 unspecified atom stereocenters. The second-order valence-electron chi connectivity index (χ2n) is 4.91. The molecule has 0 radical (unpaired) electrons. The molecule has 24 heavy (non-hydrogen) atoms. The number of hydrogen-bond donors (Lipinski definition) is 2. The van der Waals surface area contributed by atoms with Gasteiger partial charge in [-0.25, -0.2) is 9.97 Å². The molecule has 0 spiro atoms. The van der Waals surface area contributed by atoms with E-state index in [1.54, 1.807) is 51.5 Å². The molecule has 1 amide bonds. The first-order valence-corrected chi connectivity index (χ1v) is 7.31. The molecule has 2 aromatic rings. The van der Waals surface area contributed by atoms with Crippen LogP contribution in [0.1, 0.15) is 16.2 Å². The molecule has 0 saturated carbocycles. The molecule has 0 bridgehead atoms. The second kappa shape index (κ2) is 7.96. The summed E-state index contributed by atoms with van der Waals surface area (Å²) in [5, 5.41) is 5.75. The summed E-state index contributed by atoms with van der Waals surface area (Å²) in [5.74, 6) is 1.28. The maximum absolute atomic E-state index is 12.1. The Labute approximate surface area is 140 Å². The fourth-order valence-electron chi connectivity index (χ4n) is 2.03. The number of benzene rings is 1. The predicted octanol–water partition coefficient (Wildman–Crippen LogP) is 2.46. The predicted molar refractivity (Wildman–Crippen MR) is 92.1 cm³/mol. The molecule has 0 fully saturated rings. The highest BCUT2D eigenvalue weighted by atomic mass is 16.5. The van der Waals surface area contributed by atoms with Crippen LogP contribution >= 0.6 is 0 Å². The van der Waals surface area contributed by atoms with Crippen molar-refractivity contribution in [2.45, 2.75) is 6.92 Å². The molecule has 1 aromatic carbocycles. The van der Waals surface area contributed by atoms with Gasteiger partial charge < -0.3 is 20.1 Å². The highest BCUT2D eigenvalue weighted by Crippen LogP contribution is 2.30. The number of rotatable bonds is 7. The lowest BCUT2D eigenvalue weighted by Crippen LogP contribution is -2.24. The largest absolute Gasteiger partial charge is 0.497 e. The second-order valence-corrected chi connectivity index (χ2v) is 4.91. The summed E-state index contributed by atoms with van der Waals surface area (Å²) >= 11 is 0. The van der Waals surface area contributed by atoms with Crippen molar-refractivity contribution in [1.82, 2.24) is 15.3 Å². The van der Waals surface area contributed by atoms with E-state index in [1.165, 1.54) is 0 Å². The number of nitrogens with zero attached hydrogens (tertiary/aromatic N) is 2. The van der Waals surface area contributed by atoms with Crippen LogP contribution in [0.25, 0.3) is 0 Å². The summed E-state index contributed by atoms with van der Waals surface area (Å²) in [7, 11) is 3.15. The van der Waals surface area contributed by atoms with Gasteiger partial charge in [0.1, 0.15) is 17.2 Å². The van der Waals surface area contributed by atoms with Crippen LogP contribution in [0.5, 0.6) is 11.5 Å². The number of carbonyl (C=O) groups excluding carboxylic acids is 1. The first kappa shape index (κ1) is 17.3. The van der Waals surface area contributed by atoms with Crippen molar-refractivity contribution < 1.29 is 14.3 Å². The summed E-state index contributed by atoms with van der Waals surface area (Å²) < 4.78 is 10.5. The summed E-state index contributed by atoms with van der Waals surface area (Å²) in [6.07, 6.45) is 1.60. The topological polar surface area (TPSA) is 85.4 Å². The van der Waals surface area contributed by atoms with Crippen LogP contribution < -0.4 is 20.1 Å². The molecule has 0 aliphatic heterocycles. The van der Waals surface area contributed by atoms with Gasteiger partial charge in [-0.15, -0.1) is 6.58 Å². The Morgan fingerprint density at radius 2 is 2.04 bits per heavy atom. The Bertz CT molecular complexity index is 747. The number of ether oxygens (including phenoxy) is 2. The zero-order valence-electron chi connectivity index (χ0n) is 13.9. The normalized spacial score (nSPS) is 9.96. The molecule has 7 nitrogen and oxygen atoms in total. The van der Waals surface area contributed by atoms with Crippen molar-refractivity contribution in [2.75, 3.05) is 26.1 Å². The third-order valence-corrected chi connectivity index (χ3v) is 3.15. The standard InChI is InChI=1S/C17H20N4O3/c1-5-8-18-16(22)14-9-11(2)19-17(21-14)20-13-10-12(23-3)6-7-15(13)24-4/h5-7,9-10H,1,8H2,2-4H3,(H,18,22)(H,19,20,21). The van der Waals surface area contributed by atoms with Crippen LogP contribution in [0.4, 0.5) is 11.6 Å². The van der Waals surface area contributed by atoms with Crippen LogP contribution in [0.3, 0.4) is 0 Å². The summed E-state index contributed by atoms with van der Waals surface area (Å²) in [5.41, 5.74) is 1.58. The Morgan fingerprint density at radius 1 is 1.25 bits per heavy atom. The van der Waals surface area contributed by atoms with E-state index in [0.717, 1.165) is 0 Å². The van der Waals surface area contributed by atoms with E-state index < -0.39 is 0 Å². The fourth-order valence-corrected chi connectivity index (χ4v) is 2.03. The smallest absolute Gasteiger partial charge is 0.270 e. The monoisotopic (exact) mass is 328 g/mol. The highest BCUT2D eigenvalue weighted by molar-refractivity contribution is 5.92. The lowest BCUT2D eigenvalue weighted by molar-refractivity contribution is 0.0953. The van der Waals surface area contributed by atoms with Crippen molar-refractivity contribution in [1.29, 1.82) is 0 Å². The Hall–Kier alpha value is -3.09. The van der Waals surface area contributed by atoms with Crippen molar-refractivity contribution in [3.05, 3.63) is 48.3 Å². The van der Waals surface area contributed by atoms with E-state index in [9.17, 15) is 4.79 Å². The maximum Gasteiger partial charge on any atom is 0.270 e. The van der Waals surface area contributed by atoms with Gasteiger partial charge in [0.15, 0.2) is 0 Å². The molecule has 2 N–H and O–H groups in total. The zero-order chi connectivity index (χ0) is 17.5. The van der Waals surface area contributed by atoms with E-state index in [-0.39, 0.29) is 11.6 Å². The minimum atomic E-state index is -0.291. The SMILES string of the molecule is C=CCNC(=O)c1cc(C)nc(Nc2cc(OC)ccc2OC)n1. The Kier molecular flexibility index (Phi) is 5.73. The average molecular weight is 328 g/mol. The van der Waals surface area contributed by atoms with Crippen molar-refractivity contribution in [3.8, 4) is 11.5 Å². The molecule has 126 valence electrons. The number of aryl methyl sites for hydroxylation is 1. The lowest BCUT2D eigenvalue weighted by atomic mass is 10.2. The van der Waals surface area contributed by atoms with Gasteiger partial charge in [-0.2, -0.15) is 0 Å². The third kappa shape index (κ3) is 4.22. The number of amides is 1. The van der Waals surface area contributed by atoms with Crippen molar-refractivity contribution in [3.63, 3.8) is 0 Å². The van der Waals surface area contributed by atoms with Gasteiger partial charge >= 0.3 is 0 Å². The fraction of sp³-hybridized carbons (Fsp3) is 0.235. The Balaban J connectivity index is 2.31. The first-order chi connectivity index (χ1) is 11.6. The van der Waals surface area contributed by atoms with Crippen LogP contribution in [0.15, 0.2) is 36.9 Å². The van der Waals surface area contributed by atoms with Crippen LogP contribution in [0, 0.1) is 6.92 Å². The zero-order valence-corrected chi connectivity index (χ0v) is 13.9. The number of methoxy groups -OCH3 is 2. The molecule has 0 atom stereocenters. The molecule has 0 aliphatic carbocycles. The Morgan fingerprint density at radius 3 is 2.71 bits per heavy atom. The van der Waals surface area contributed by atoms with E-state index in [4.69, 9.17) is 9.47 Å². The highest BCUT2D eigenvalue weighted by Gasteiger charge is 2.12. The van der Waals surface area contributed by atoms with Gasteiger partial charge in [0, 0.05) is 18.3 Å². The number of carbonyl (C=O) groups is 1. The van der Waals surface area contributed by atoms with Gasteiger partial charge in [-0.1, -0.05) is 6.08 Å². The van der Waals surface area contributed by atoms with Gasteiger partial charge in [0.25, 0.3) is 5.91 Å². The molecule has 2 rings (SSSR count). The van der Waals surface area contributed by atoms with Gasteiger partial charge in [-0.05, 0) is 25.1 Å². The van der Waals surface area contributed by atoms with Gasteiger partial charge in [-0.3, -0.25) is 4.79 Å². The van der Waals surface area contributed by atoms with E-state index in [2.05, 4.69) is 27.2 Å². The molecule has 7 heteroatoms. The number of aromatic nitrogens is 2. The molecular weight excluding hydrogens is 308 g/mol. The minimum absolute atomic E-state index is 0.272. The molecule has 0 saturated heterocycles. The molecule has 0 aliphatic rings. The van der Waals surface area contributed by atoms with Crippen molar-refractivity contribution in [2.24, 2.45) is 0 Å². The summed E-state index contributed by atoms with van der Waals surface area (Å²) in [6, 6.07) is 6.94. The third-order valence-electron chi connectivity index (χ3n) is 3.15. The minimum Gasteiger partial charge on any atom is -0.497 e. The van der Waals surface area contributed by atoms with Gasteiger partial charge in [0.2, 0.25) is 5.95 Å². The van der Waals surface area contributed by atoms with Gasteiger partial charge in [0.05, 0.1) is 19.9 Å². The number of hydrogen-bond acceptors (Lipinski definition) is 6. The van der Waals surface area contributed by atoms with E-state index >= 15 is 0 Å². The summed E-state index contributed by atoms with van der Waals surface area (Å²) in [6.45, 7) is 5.73. The quantitative estimate of drug-likeness (QED) is 0.760. The average Bonchev–Trinajstić information content (AvgIpc) is 2.59. The molecule has 1 heterocycles.